The van der Waals surface area contributed by atoms with Gasteiger partial charge < -0.3 is 10.1 Å². The minimum atomic E-state index is -3.92. The Morgan fingerprint density at radius 1 is 0.941 bits per heavy atom. The second kappa shape index (κ2) is 9.65. The van der Waals surface area contributed by atoms with Crippen LogP contribution in [0, 0.1) is 0 Å². The van der Waals surface area contributed by atoms with Crippen molar-refractivity contribution in [3.05, 3.63) is 76.2 Å². The SMILES string of the molecule is COC(=O)NC(=O)c1c(NC(=O)c2ccccc2NS(=O)(=O)c2ccccc2)sc2c1CCC2. The Morgan fingerprint density at radius 3 is 2.38 bits per heavy atom. The second-order valence-corrected chi connectivity index (χ2v) is 10.2. The van der Waals surface area contributed by atoms with Gasteiger partial charge in [0, 0.05) is 4.88 Å². The van der Waals surface area contributed by atoms with Crippen molar-refractivity contribution >= 4 is 50.0 Å². The lowest BCUT2D eigenvalue weighted by Crippen LogP contribution is -2.31. The molecule has 0 saturated heterocycles. The highest BCUT2D eigenvalue weighted by atomic mass is 32.2. The Balaban J connectivity index is 1.63. The third-order valence-electron chi connectivity index (χ3n) is 5.25. The van der Waals surface area contributed by atoms with E-state index >= 15 is 0 Å². The summed E-state index contributed by atoms with van der Waals surface area (Å²) in [7, 11) is -2.77. The minimum absolute atomic E-state index is 0.0571. The van der Waals surface area contributed by atoms with Crippen LogP contribution in [0.2, 0.25) is 0 Å². The number of benzene rings is 2. The number of sulfonamides is 1. The molecule has 1 aliphatic carbocycles. The van der Waals surface area contributed by atoms with E-state index in [2.05, 4.69) is 20.1 Å². The molecule has 0 atom stereocenters. The van der Waals surface area contributed by atoms with Crippen molar-refractivity contribution in [1.82, 2.24) is 5.32 Å². The van der Waals surface area contributed by atoms with E-state index in [0.717, 1.165) is 30.4 Å². The van der Waals surface area contributed by atoms with Gasteiger partial charge in [0.2, 0.25) is 0 Å². The second-order valence-electron chi connectivity index (χ2n) is 7.43. The molecular formula is C23H21N3O6S2. The number of nitrogens with one attached hydrogen (secondary N) is 3. The number of para-hydroxylation sites is 1. The zero-order chi connectivity index (χ0) is 24.3. The highest BCUT2D eigenvalue weighted by molar-refractivity contribution is 7.92. The number of hydrogen-bond acceptors (Lipinski definition) is 7. The van der Waals surface area contributed by atoms with Crippen molar-refractivity contribution in [2.75, 3.05) is 17.1 Å². The quantitative estimate of drug-likeness (QED) is 0.473. The van der Waals surface area contributed by atoms with Gasteiger partial charge in [-0.3, -0.25) is 19.6 Å². The molecule has 176 valence electrons. The standard InChI is InChI=1S/C23H21N3O6S2/c1-32-23(29)25-21(28)19-16-11-7-13-18(16)33-22(19)24-20(27)15-10-5-6-12-17(15)26-34(30,31)14-8-3-2-4-9-14/h2-6,8-10,12,26H,7,11,13H2,1H3,(H,24,27)(H,25,28,29). The fourth-order valence-electron chi connectivity index (χ4n) is 3.68. The van der Waals surface area contributed by atoms with Gasteiger partial charge in [-0.15, -0.1) is 11.3 Å². The Kier molecular flexibility index (Phi) is 6.66. The number of methoxy groups -OCH3 is 1. The Labute approximate surface area is 200 Å². The molecule has 4 rings (SSSR count). The van der Waals surface area contributed by atoms with E-state index < -0.39 is 27.9 Å². The van der Waals surface area contributed by atoms with Crippen molar-refractivity contribution in [3.63, 3.8) is 0 Å². The number of amides is 3. The lowest BCUT2D eigenvalue weighted by Gasteiger charge is -2.13. The van der Waals surface area contributed by atoms with Gasteiger partial charge in [0.15, 0.2) is 0 Å². The molecule has 2 aromatic carbocycles. The summed E-state index contributed by atoms with van der Waals surface area (Å²) in [6.45, 7) is 0. The molecule has 1 heterocycles. The number of ether oxygens (including phenoxy) is 1. The van der Waals surface area contributed by atoms with Gasteiger partial charge >= 0.3 is 6.09 Å². The first-order chi connectivity index (χ1) is 16.3. The largest absolute Gasteiger partial charge is 0.453 e. The van der Waals surface area contributed by atoms with Gasteiger partial charge in [-0.05, 0) is 49.1 Å². The number of rotatable bonds is 6. The summed E-state index contributed by atoms with van der Waals surface area (Å²) in [5.74, 6) is -1.27. The van der Waals surface area contributed by atoms with E-state index in [1.807, 2.05) is 0 Å². The monoisotopic (exact) mass is 499 g/mol. The molecule has 1 aliphatic rings. The summed E-state index contributed by atoms with van der Waals surface area (Å²) >= 11 is 1.27. The number of imide groups is 1. The van der Waals surface area contributed by atoms with E-state index in [9.17, 15) is 22.8 Å². The lowest BCUT2D eigenvalue weighted by atomic mass is 10.1. The lowest BCUT2D eigenvalue weighted by molar-refractivity contribution is 0.0937. The maximum absolute atomic E-state index is 13.2. The van der Waals surface area contributed by atoms with E-state index in [1.165, 1.54) is 35.6 Å². The van der Waals surface area contributed by atoms with Gasteiger partial charge in [-0.2, -0.15) is 0 Å². The number of thiophene rings is 1. The van der Waals surface area contributed by atoms with Gasteiger partial charge in [0.25, 0.3) is 21.8 Å². The Morgan fingerprint density at radius 2 is 1.65 bits per heavy atom. The van der Waals surface area contributed by atoms with Crippen molar-refractivity contribution < 1.29 is 27.5 Å². The van der Waals surface area contributed by atoms with Gasteiger partial charge in [-0.1, -0.05) is 30.3 Å². The van der Waals surface area contributed by atoms with Crippen LogP contribution in [0.3, 0.4) is 0 Å². The van der Waals surface area contributed by atoms with Crippen LogP contribution >= 0.6 is 11.3 Å². The third kappa shape index (κ3) is 4.80. The van der Waals surface area contributed by atoms with Crippen LogP contribution in [0.1, 0.15) is 37.6 Å². The van der Waals surface area contributed by atoms with Crippen LogP contribution in [0.5, 0.6) is 0 Å². The molecule has 0 aliphatic heterocycles. The maximum atomic E-state index is 13.2. The average Bonchev–Trinajstić information content (AvgIpc) is 3.40. The van der Waals surface area contributed by atoms with Crippen molar-refractivity contribution in [2.24, 2.45) is 0 Å². The summed E-state index contributed by atoms with van der Waals surface area (Å²) in [6, 6.07) is 14.0. The summed E-state index contributed by atoms with van der Waals surface area (Å²) in [6.07, 6.45) is 1.39. The van der Waals surface area contributed by atoms with Gasteiger partial charge in [0.05, 0.1) is 28.8 Å². The average molecular weight is 500 g/mol. The number of carbonyl (C=O) groups excluding carboxylic acids is 3. The molecule has 3 N–H and O–H groups in total. The van der Waals surface area contributed by atoms with Crippen LogP contribution < -0.4 is 15.4 Å². The maximum Gasteiger partial charge on any atom is 0.413 e. The number of aryl methyl sites for hydroxylation is 1. The van der Waals surface area contributed by atoms with Gasteiger partial charge in [-0.25, -0.2) is 13.2 Å². The highest BCUT2D eigenvalue weighted by Crippen LogP contribution is 2.39. The predicted octanol–water partition coefficient (Wildman–Crippen LogP) is 3.79. The number of fused-ring (bicyclic) bond motifs is 1. The molecule has 0 fully saturated rings. The topological polar surface area (TPSA) is 131 Å². The Hall–Kier alpha value is -3.70. The smallest absolute Gasteiger partial charge is 0.413 e. The summed E-state index contributed by atoms with van der Waals surface area (Å²) < 4.78 is 32.5. The fraction of sp³-hybridized carbons (Fsp3) is 0.174. The third-order valence-corrected chi connectivity index (χ3v) is 7.83. The first-order valence-electron chi connectivity index (χ1n) is 10.3. The van der Waals surface area contributed by atoms with E-state index in [0.29, 0.717) is 6.42 Å². The zero-order valence-electron chi connectivity index (χ0n) is 18.1. The van der Waals surface area contributed by atoms with Gasteiger partial charge in [0.1, 0.15) is 5.00 Å². The van der Waals surface area contributed by atoms with Crippen molar-refractivity contribution in [2.45, 2.75) is 24.2 Å². The Bertz CT molecular complexity index is 1370. The fourth-order valence-corrected chi connectivity index (χ4v) is 6.07. The summed E-state index contributed by atoms with van der Waals surface area (Å²) in [5, 5.41) is 5.15. The van der Waals surface area contributed by atoms with Crippen LogP contribution in [0.25, 0.3) is 0 Å². The predicted molar refractivity (Wildman–Crippen MR) is 128 cm³/mol. The number of alkyl carbamates (subject to hydrolysis) is 1. The summed E-state index contributed by atoms with van der Waals surface area (Å²) in [4.78, 5) is 38.5. The van der Waals surface area contributed by atoms with Crippen molar-refractivity contribution in [1.29, 1.82) is 0 Å². The number of anilines is 2. The molecule has 9 nitrogen and oxygen atoms in total. The molecular weight excluding hydrogens is 478 g/mol. The molecule has 0 radical (unpaired) electrons. The molecule has 0 bridgehead atoms. The number of carbonyl (C=O) groups is 3. The first kappa shape index (κ1) is 23.5. The minimum Gasteiger partial charge on any atom is -0.453 e. The van der Waals surface area contributed by atoms with Crippen LogP contribution in [0.15, 0.2) is 59.5 Å². The highest BCUT2D eigenvalue weighted by Gasteiger charge is 2.29. The molecule has 3 amide bonds. The van der Waals surface area contributed by atoms with E-state index in [4.69, 9.17) is 0 Å². The summed E-state index contributed by atoms with van der Waals surface area (Å²) in [5.41, 5.74) is 1.18. The van der Waals surface area contributed by atoms with E-state index in [1.54, 1.807) is 30.3 Å². The van der Waals surface area contributed by atoms with E-state index in [-0.39, 0.29) is 26.7 Å². The molecule has 11 heteroatoms. The van der Waals surface area contributed by atoms with Crippen molar-refractivity contribution in [3.8, 4) is 0 Å². The molecule has 0 saturated carbocycles. The zero-order valence-corrected chi connectivity index (χ0v) is 19.7. The molecule has 0 unspecified atom stereocenters. The molecule has 3 aromatic rings. The molecule has 34 heavy (non-hydrogen) atoms. The van der Waals surface area contributed by atoms with Crippen LogP contribution in [0.4, 0.5) is 15.5 Å². The first-order valence-corrected chi connectivity index (χ1v) is 12.6. The van der Waals surface area contributed by atoms with Crippen LogP contribution in [-0.2, 0) is 27.6 Å². The normalized spacial score (nSPS) is 12.5. The van der Waals surface area contributed by atoms with Crippen LogP contribution in [-0.4, -0.2) is 33.4 Å². The molecule has 0 spiro atoms. The number of hydrogen-bond donors (Lipinski definition) is 3. The molecule has 1 aromatic heterocycles.